The first-order valence-electron chi connectivity index (χ1n) is 9.67. The third-order valence-corrected chi connectivity index (χ3v) is 5.25. The van der Waals surface area contributed by atoms with Gasteiger partial charge >= 0.3 is 5.69 Å². The molecule has 1 aromatic carbocycles. The molecule has 0 saturated heterocycles. The lowest BCUT2D eigenvalue weighted by molar-refractivity contribution is -0.133. The van der Waals surface area contributed by atoms with E-state index in [9.17, 15) is 14.4 Å². The fourth-order valence-corrected chi connectivity index (χ4v) is 3.57. The van der Waals surface area contributed by atoms with E-state index in [0.717, 1.165) is 4.57 Å². The molecule has 2 aromatic heterocycles. The van der Waals surface area contributed by atoms with Crippen LogP contribution in [0.4, 0.5) is 0 Å². The molecule has 0 saturated carbocycles. The lowest BCUT2D eigenvalue weighted by Gasteiger charge is -2.31. The van der Waals surface area contributed by atoms with Crippen molar-refractivity contribution in [2.75, 3.05) is 19.7 Å². The number of hydrogen-bond donors (Lipinski definition) is 0. The lowest BCUT2D eigenvalue weighted by Crippen LogP contribution is -2.44. The normalized spacial score (nSPS) is 15.4. The van der Waals surface area contributed by atoms with E-state index in [2.05, 4.69) is 4.98 Å². The van der Waals surface area contributed by atoms with Crippen molar-refractivity contribution in [2.24, 2.45) is 14.1 Å². The first kappa shape index (κ1) is 19.7. The molecule has 4 rings (SSSR count). The van der Waals surface area contributed by atoms with Gasteiger partial charge in [0.05, 0.1) is 12.9 Å². The summed E-state index contributed by atoms with van der Waals surface area (Å²) in [6.07, 6.45) is 1.12. The molecule has 1 aliphatic rings. The summed E-state index contributed by atoms with van der Waals surface area (Å²) in [5.74, 6) is 1.16. The molecule has 1 atom stereocenters. The average molecular weight is 413 g/mol. The molecule has 0 N–H and O–H groups in total. The van der Waals surface area contributed by atoms with Crippen LogP contribution in [0.1, 0.15) is 6.92 Å². The number of amides is 1. The topological polar surface area (TPSA) is 101 Å². The van der Waals surface area contributed by atoms with Gasteiger partial charge in [-0.2, -0.15) is 0 Å². The Bertz CT molecular complexity index is 1220. The third-order valence-electron chi connectivity index (χ3n) is 5.25. The fraction of sp³-hybridized carbons (Fsp3) is 0.400. The number of ether oxygens (including phenoxy) is 2. The number of aromatic nitrogens is 4. The molecule has 3 heterocycles. The average Bonchev–Trinajstić information content (AvgIpc) is 3.18. The molecule has 0 spiro atoms. The number of rotatable bonds is 5. The zero-order chi connectivity index (χ0) is 21.4. The Morgan fingerprint density at radius 1 is 1.20 bits per heavy atom. The Balaban J connectivity index is 1.53. The van der Waals surface area contributed by atoms with E-state index in [1.807, 2.05) is 31.2 Å². The smallest absolute Gasteiger partial charge is 0.332 e. The van der Waals surface area contributed by atoms with Crippen molar-refractivity contribution < 1.29 is 14.3 Å². The molecule has 3 aromatic rings. The summed E-state index contributed by atoms with van der Waals surface area (Å²) in [5.41, 5.74) is -0.481. The predicted molar refractivity (Wildman–Crippen MR) is 109 cm³/mol. The minimum Gasteiger partial charge on any atom is -0.486 e. The minimum absolute atomic E-state index is 0.0675. The Morgan fingerprint density at radius 2 is 1.93 bits per heavy atom. The van der Waals surface area contributed by atoms with E-state index in [-0.39, 0.29) is 29.7 Å². The van der Waals surface area contributed by atoms with Gasteiger partial charge in [-0.1, -0.05) is 12.1 Å². The zero-order valence-corrected chi connectivity index (χ0v) is 17.1. The first-order valence-corrected chi connectivity index (χ1v) is 9.67. The molecule has 10 nitrogen and oxygen atoms in total. The van der Waals surface area contributed by atoms with Crippen LogP contribution in [0.25, 0.3) is 11.2 Å². The van der Waals surface area contributed by atoms with Crippen LogP contribution in [0.3, 0.4) is 0 Å². The molecule has 1 amide bonds. The van der Waals surface area contributed by atoms with E-state index in [4.69, 9.17) is 9.47 Å². The van der Waals surface area contributed by atoms with Crippen molar-refractivity contribution in [3.63, 3.8) is 0 Å². The van der Waals surface area contributed by atoms with Gasteiger partial charge in [0, 0.05) is 20.6 Å². The van der Waals surface area contributed by atoms with Crippen molar-refractivity contribution in [3.05, 3.63) is 51.4 Å². The maximum atomic E-state index is 13.0. The molecule has 1 unspecified atom stereocenters. The number of carbonyl (C=O) groups is 1. The second-order valence-corrected chi connectivity index (χ2v) is 7.18. The number of benzene rings is 1. The molecular weight excluding hydrogens is 390 g/mol. The number of aryl methyl sites for hydroxylation is 1. The van der Waals surface area contributed by atoms with Crippen LogP contribution in [0.2, 0.25) is 0 Å². The van der Waals surface area contributed by atoms with E-state index < -0.39 is 11.2 Å². The SMILES string of the molecule is CCN(CC1COc2ccccc2O1)C(=O)Cn1cnc2c1c(=O)n(C)c(=O)n2C. The van der Waals surface area contributed by atoms with Gasteiger partial charge in [0.1, 0.15) is 13.2 Å². The van der Waals surface area contributed by atoms with Crippen molar-refractivity contribution in [1.29, 1.82) is 0 Å². The largest absolute Gasteiger partial charge is 0.486 e. The molecule has 158 valence electrons. The van der Waals surface area contributed by atoms with Crippen molar-refractivity contribution in [2.45, 2.75) is 19.6 Å². The van der Waals surface area contributed by atoms with Crippen LogP contribution in [0.15, 0.2) is 40.2 Å². The second-order valence-electron chi connectivity index (χ2n) is 7.18. The highest BCUT2D eigenvalue weighted by Crippen LogP contribution is 2.31. The van der Waals surface area contributed by atoms with E-state index in [1.165, 1.54) is 22.5 Å². The predicted octanol–water partition coefficient (Wildman–Crippen LogP) is 0.122. The molecule has 0 aliphatic carbocycles. The Labute approximate surface area is 171 Å². The number of fused-ring (bicyclic) bond motifs is 2. The van der Waals surface area contributed by atoms with Gasteiger partial charge in [-0.25, -0.2) is 9.78 Å². The van der Waals surface area contributed by atoms with Gasteiger partial charge in [0.15, 0.2) is 28.8 Å². The van der Waals surface area contributed by atoms with E-state index in [1.54, 1.807) is 11.9 Å². The van der Waals surface area contributed by atoms with Gasteiger partial charge in [-0.15, -0.1) is 0 Å². The first-order chi connectivity index (χ1) is 14.4. The summed E-state index contributed by atoms with van der Waals surface area (Å²) in [7, 11) is 2.94. The summed E-state index contributed by atoms with van der Waals surface area (Å²) in [6.45, 7) is 2.99. The van der Waals surface area contributed by atoms with E-state index in [0.29, 0.717) is 31.2 Å². The molecule has 30 heavy (non-hydrogen) atoms. The Hall–Kier alpha value is -3.56. The third kappa shape index (κ3) is 3.34. The van der Waals surface area contributed by atoms with Crippen molar-refractivity contribution >= 4 is 17.1 Å². The summed E-state index contributed by atoms with van der Waals surface area (Å²) >= 11 is 0. The van der Waals surface area contributed by atoms with Crippen LogP contribution in [-0.4, -0.2) is 55.3 Å². The zero-order valence-electron chi connectivity index (χ0n) is 17.1. The quantitative estimate of drug-likeness (QED) is 0.589. The standard InChI is InChI=1S/C20H23N5O5/c1-4-24(9-13-11-29-14-7-5-6-8-15(14)30-13)16(26)10-25-12-21-18-17(25)19(27)23(3)20(28)22(18)2/h5-8,12-13H,4,9-11H2,1-3H3. The van der Waals surface area contributed by atoms with Crippen molar-refractivity contribution in [1.82, 2.24) is 23.6 Å². The molecule has 0 fully saturated rings. The molecule has 10 heteroatoms. The molecule has 0 bridgehead atoms. The highest BCUT2D eigenvalue weighted by Gasteiger charge is 2.25. The van der Waals surface area contributed by atoms with Crippen molar-refractivity contribution in [3.8, 4) is 11.5 Å². The maximum Gasteiger partial charge on any atom is 0.332 e. The van der Waals surface area contributed by atoms with Gasteiger partial charge in [-0.05, 0) is 19.1 Å². The number of likely N-dealkylation sites (N-methyl/N-ethyl adjacent to an activating group) is 1. The summed E-state index contributed by atoms with van der Waals surface area (Å²) in [5, 5.41) is 0. The van der Waals surface area contributed by atoms with E-state index >= 15 is 0 Å². The monoisotopic (exact) mass is 413 g/mol. The van der Waals surface area contributed by atoms with Gasteiger partial charge in [-0.3, -0.25) is 18.7 Å². The lowest BCUT2D eigenvalue weighted by atomic mass is 10.2. The summed E-state index contributed by atoms with van der Waals surface area (Å²) in [6, 6.07) is 7.41. The highest BCUT2D eigenvalue weighted by molar-refractivity contribution is 5.79. The minimum atomic E-state index is -0.484. The number of para-hydroxylation sites is 2. The summed E-state index contributed by atoms with van der Waals surface area (Å²) < 4.78 is 15.5. The Morgan fingerprint density at radius 3 is 2.67 bits per heavy atom. The number of nitrogens with zero attached hydrogens (tertiary/aromatic N) is 5. The molecule has 1 aliphatic heterocycles. The summed E-state index contributed by atoms with van der Waals surface area (Å²) in [4.78, 5) is 43.4. The maximum absolute atomic E-state index is 13.0. The highest BCUT2D eigenvalue weighted by atomic mass is 16.6. The van der Waals surface area contributed by atoms with Gasteiger partial charge < -0.3 is 18.9 Å². The van der Waals surface area contributed by atoms with Crippen LogP contribution >= 0.6 is 0 Å². The van der Waals surface area contributed by atoms with Crippen LogP contribution in [0.5, 0.6) is 11.5 Å². The van der Waals surface area contributed by atoms with Crippen LogP contribution in [0, 0.1) is 0 Å². The number of hydrogen-bond acceptors (Lipinski definition) is 6. The molecular formula is C20H23N5O5. The van der Waals surface area contributed by atoms with Gasteiger partial charge in [0.25, 0.3) is 5.56 Å². The van der Waals surface area contributed by atoms with Crippen LogP contribution in [-0.2, 0) is 25.4 Å². The van der Waals surface area contributed by atoms with Gasteiger partial charge in [0.2, 0.25) is 5.91 Å². The Kier molecular flexibility index (Phi) is 5.06. The molecule has 0 radical (unpaired) electrons. The second kappa shape index (κ2) is 7.69. The number of carbonyl (C=O) groups excluding carboxylic acids is 1. The number of imidazole rings is 1. The van der Waals surface area contributed by atoms with Crippen LogP contribution < -0.4 is 20.7 Å². The fourth-order valence-electron chi connectivity index (χ4n) is 3.57.